The number of anilines is 1. The molecule has 28 heavy (non-hydrogen) atoms. The summed E-state index contributed by atoms with van der Waals surface area (Å²) in [5.41, 5.74) is 2.77. The molecule has 0 saturated heterocycles. The molecule has 2 aromatic carbocycles. The molecule has 1 aliphatic rings. The maximum absolute atomic E-state index is 12.8. The molecule has 1 heterocycles. The van der Waals surface area contributed by atoms with E-state index in [2.05, 4.69) is 19.6 Å². The Morgan fingerprint density at radius 2 is 1.82 bits per heavy atom. The molecule has 6 heteroatoms. The highest BCUT2D eigenvalue weighted by atomic mass is 28.3. The summed E-state index contributed by atoms with van der Waals surface area (Å²) in [5, 5.41) is 10.7. The lowest BCUT2D eigenvalue weighted by atomic mass is 10.1. The topological polar surface area (TPSA) is 59.0 Å². The van der Waals surface area contributed by atoms with Crippen LogP contribution in [-0.4, -0.2) is 38.2 Å². The molecule has 0 aliphatic carbocycles. The van der Waals surface area contributed by atoms with Crippen molar-refractivity contribution in [3.8, 4) is 0 Å². The minimum absolute atomic E-state index is 0.285. The van der Waals surface area contributed by atoms with Crippen LogP contribution in [0.5, 0.6) is 0 Å². The number of carbonyl (C=O) groups excluding carboxylic acids is 1. The van der Waals surface area contributed by atoms with E-state index < -0.39 is 26.5 Å². The number of ether oxygens (including phenoxy) is 2. The summed E-state index contributed by atoms with van der Waals surface area (Å²) in [4.78, 5) is 14.4. The number of rotatable bonds is 7. The van der Waals surface area contributed by atoms with Crippen LogP contribution >= 0.6 is 0 Å². The molecule has 0 spiro atoms. The minimum Gasteiger partial charge on any atom is -0.449 e. The predicted octanol–water partition coefficient (Wildman–Crippen LogP) is 4.43. The van der Waals surface area contributed by atoms with Gasteiger partial charge >= 0.3 is 6.09 Å². The van der Waals surface area contributed by atoms with E-state index in [4.69, 9.17) is 9.47 Å². The van der Waals surface area contributed by atoms with Crippen LogP contribution in [0.15, 0.2) is 54.6 Å². The minimum atomic E-state index is -1.29. The van der Waals surface area contributed by atoms with E-state index in [1.165, 1.54) is 0 Å². The zero-order chi connectivity index (χ0) is 20.1. The normalized spacial score (nSPS) is 17.3. The monoisotopic (exact) mass is 399 g/mol. The number of nitrogens with zero attached hydrogens (tertiary/aromatic N) is 1. The van der Waals surface area contributed by atoms with Gasteiger partial charge in [0.1, 0.15) is 0 Å². The molecule has 1 aliphatic heterocycles. The van der Waals surface area contributed by atoms with Crippen molar-refractivity contribution in [3.63, 3.8) is 0 Å². The molecular weight excluding hydrogens is 370 g/mol. The first-order valence-electron chi connectivity index (χ1n) is 9.73. The molecule has 2 atom stereocenters. The second-order valence-corrected chi connectivity index (χ2v) is 14.0. The van der Waals surface area contributed by atoms with Crippen LogP contribution in [0.2, 0.25) is 25.7 Å². The molecule has 0 bridgehead atoms. The Labute approximate surface area is 167 Å². The van der Waals surface area contributed by atoms with Crippen molar-refractivity contribution in [2.24, 2.45) is 0 Å². The third-order valence-electron chi connectivity index (χ3n) is 4.88. The SMILES string of the molecule is C[Si](C)(C)CCOC(=O)N1c2ccccc2CC1C(O)OCc1ccccc1. The van der Waals surface area contributed by atoms with Crippen LogP contribution in [0.1, 0.15) is 11.1 Å². The summed E-state index contributed by atoms with van der Waals surface area (Å²) in [6.45, 7) is 7.43. The van der Waals surface area contributed by atoms with Crippen molar-refractivity contribution in [2.45, 2.75) is 51.0 Å². The molecule has 1 N–H and O–H groups in total. The molecule has 5 nitrogen and oxygen atoms in total. The molecule has 2 unspecified atom stereocenters. The smallest absolute Gasteiger partial charge is 0.414 e. The van der Waals surface area contributed by atoms with Gasteiger partial charge in [-0.25, -0.2) is 4.79 Å². The van der Waals surface area contributed by atoms with Crippen LogP contribution in [-0.2, 0) is 22.5 Å². The van der Waals surface area contributed by atoms with E-state index in [0.29, 0.717) is 13.0 Å². The largest absolute Gasteiger partial charge is 0.449 e. The van der Waals surface area contributed by atoms with E-state index in [0.717, 1.165) is 22.9 Å². The molecule has 2 aromatic rings. The lowest BCUT2D eigenvalue weighted by Gasteiger charge is -2.29. The molecule has 3 rings (SSSR count). The van der Waals surface area contributed by atoms with E-state index in [-0.39, 0.29) is 6.61 Å². The maximum atomic E-state index is 12.8. The Kier molecular flexibility index (Phi) is 6.54. The maximum Gasteiger partial charge on any atom is 0.414 e. The van der Waals surface area contributed by atoms with Crippen molar-refractivity contribution >= 4 is 19.9 Å². The fourth-order valence-electron chi connectivity index (χ4n) is 3.26. The highest BCUT2D eigenvalue weighted by molar-refractivity contribution is 6.76. The zero-order valence-electron chi connectivity index (χ0n) is 16.8. The van der Waals surface area contributed by atoms with Gasteiger partial charge in [-0.15, -0.1) is 0 Å². The predicted molar refractivity (Wildman–Crippen MR) is 113 cm³/mol. The Bertz CT molecular complexity index is 791. The summed E-state index contributed by atoms with van der Waals surface area (Å²) in [6, 6.07) is 17.8. The van der Waals surface area contributed by atoms with E-state index in [1.54, 1.807) is 4.90 Å². The van der Waals surface area contributed by atoms with Gasteiger partial charge in [0.05, 0.1) is 24.9 Å². The van der Waals surface area contributed by atoms with Gasteiger partial charge in [-0.2, -0.15) is 0 Å². The van der Waals surface area contributed by atoms with E-state index in [9.17, 15) is 9.90 Å². The van der Waals surface area contributed by atoms with Gasteiger partial charge in [0.2, 0.25) is 0 Å². The molecule has 0 radical (unpaired) electrons. The first kappa shape index (κ1) is 20.6. The highest BCUT2D eigenvalue weighted by Gasteiger charge is 2.39. The first-order chi connectivity index (χ1) is 13.3. The lowest BCUT2D eigenvalue weighted by Crippen LogP contribution is -2.46. The summed E-state index contributed by atoms with van der Waals surface area (Å²) in [6.07, 6.45) is -0.984. The summed E-state index contributed by atoms with van der Waals surface area (Å²) < 4.78 is 11.3. The van der Waals surface area contributed by atoms with Crippen molar-refractivity contribution in [1.29, 1.82) is 0 Å². The van der Waals surface area contributed by atoms with Gasteiger partial charge in [-0.05, 0) is 23.2 Å². The molecular formula is C22H29NO4Si. The second-order valence-electron chi connectivity index (χ2n) is 8.38. The standard InChI is InChI=1S/C22H29NO4Si/c1-28(2,3)14-13-26-22(25)23-19-12-8-7-11-18(19)15-20(23)21(24)27-16-17-9-5-4-6-10-17/h4-12,20-21,24H,13-16H2,1-3H3. The van der Waals surface area contributed by atoms with Gasteiger partial charge in [0, 0.05) is 14.5 Å². The number of hydrogen-bond donors (Lipinski definition) is 1. The van der Waals surface area contributed by atoms with Gasteiger partial charge in [0.15, 0.2) is 6.29 Å². The van der Waals surface area contributed by atoms with E-state index >= 15 is 0 Å². The fraction of sp³-hybridized carbons (Fsp3) is 0.409. The average molecular weight is 400 g/mol. The number of hydrogen-bond acceptors (Lipinski definition) is 4. The Morgan fingerprint density at radius 1 is 1.14 bits per heavy atom. The third kappa shape index (κ3) is 5.22. The quantitative estimate of drug-likeness (QED) is 0.553. The fourth-order valence-corrected chi connectivity index (χ4v) is 3.97. The molecule has 150 valence electrons. The number of amides is 1. The van der Waals surface area contributed by atoms with Crippen LogP contribution in [0.25, 0.3) is 0 Å². The summed E-state index contributed by atoms with van der Waals surface area (Å²) >= 11 is 0. The molecule has 0 fully saturated rings. The highest BCUT2D eigenvalue weighted by Crippen LogP contribution is 2.34. The van der Waals surface area contributed by atoms with Crippen molar-refractivity contribution < 1.29 is 19.4 Å². The zero-order valence-corrected chi connectivity index (χ0v) is 17.8. The van der Waals surface area contributed by atoms with Crippen molar-refractivity contribution in [2.75, 3.05) is 11.5 Å². The number of aliphatic hydroxyl groups is 1. The van der Waals surface area contributed by atoms with Crippen molar-refractivity contribution in [1.82, 2.24) is 0 Å². The second kappa shape index (κ2) is 8.90. The van der Waals surface area contributed by atoms with E-state index in [1.807, 2.05) is 54.6 Å². The number of fused-ring (bicyclic) bond motifs is 1. The van der Waals surface area contributed by atoms with Crippen LogP contribution < -0.4 is 4.90 Å². The Balaban J connectivity index is 1.69. The Morgan fingerprint density at radius 3 is 2.54 bits per heavy atom. The first-order valence-corrected chi connectivity index (χ1v) is 13.4. The Hall–Kier alpha value is -2.15. The lowest BCUT2D eigenvalue weighted by molar-refractivity contribution is -0.120. The van der Waals surface area contributed by atoms with Crippen LogP contribution in [0.3, 0.4) is 0 Å². The third-order valence-corrected chi connectivity index (χ3v) is 6.58. The van der Waals surface area contributed by atoms with Gasteiger partial charge < -0.3 is 14.6 Å². The molecule has 1 amide bonds. The van der Waals surface area contributed by atoms with Crippen LogP contribution in [0.4, 0.5) is 10.5 Å². The molecule has 0 aromatic heterocycles. The average Bonchev–Trinajstić information content (AvgIpc) is 3.05. The van der Waals surface area contributed by atoms with Gasteiger partial charge in [-0.1, -0.05) is 68.2 Å². The van der Waals surface area contributed by atoms with Crippen molar-refractivity contribution in [3.05, 3.63) is 65.7 Å². The number of aliphatic hydroxyl groups excluding tert-OH is 1. The summed E-state index contributed by atoms with van der Waals surface area (Å²) in [5.74, 6) is 0. The summed E-state index contributed by atoms with van der Waals surface area (Å²) in [7, 11) is -1.29. The van der Waals surface area contributed by atoms with Gasteiger partial charge in [0.25, 0.3) is 0 Å². The number of benzene rings is 2. The number of para-hydroxylation sites is 1. The molecule has 0 saturated carbocycles. The number of carbonyl (C=O) groups is 1. The van der Waals surface area contributed by atoms with Gasteiger partial charge in [-0.3, -0.25) is 4.90 Å². The van der Waals surface area contributed by atoms with Crippen LogP contribution in [0, 0.1) is 0 Å².